The summed E-state index contributed by atoms with van der Waals surface area (Å²) < 4.78 is 28.8. The van der Waals surface area contributed by atoms with Crippen molar-refractivity contribution < 1.29 is 13.6 Å². The van der Waals surface area contributed by atoms with Crippen LogP contribution in [0.3, 0.4) is 0 Å². The van der Waals surface area contributed by atoms with Crippen LogP contribution < -0.4 is 5.32 Å². The van der Waals surface area contributed by atoms with Gasteiger partial charge in [0.1, 0.15) is 12.2 Å². The molecule has 0 unspecified atom stereocenters. The highest BCUT2D eigenvalue weighted by molar-refractivity contribution is 9.10. The number of anilines is 1. The van der Waals surface area contributed by atoms with E-state index in [2.05, 4.69) is 31.4 Å². The normalized spacial score (nSPS) is 11.2. The Morgan fingerprint density at radius 3 is 2.54 bits per heavy atom. The van der Waals surface area contributed by atoms with Crippen LogP contribution in [0.5, 0.6) is 0 Å². The van der Waals surface area contributed by atoms with Crippen molar-refractivity contribution in [3.8, 4) is 0 Å². The zero-order chi connectivity index (χ0) is 20.4. The Balaban J connectivity index is 1.67. The number of halogens is 5. The second-order valence-electron chi connectivity index (χ2n) is 5.89. The van der Waals surface area contributed by atoms with E-state index < -0.39 is 18.0 Å². The van der Waals surface area contributed by atoms with Crippen LogP contribution in [-0.2, 0) is 17.9 Å². The van der Waals surface area contributed by atoms with Crippen molar-refractivity contribution in [1.82, 2.24) is 19.6 Å². The standard InChI is InChI=1S/C17H14BrCl2F2N5O/c1-9-15(18)16(17(21)22)25-27(9)8-14(28)23-13-5-6-26(24-13)7-10-11(19)3-2-4-12(10)20/h2-6,17H,7-8H2,1H3,(H,23,24,28). The Kier molecular flexibility index (Phi) is 6.36. The minimum atomic E-state index is -2.73. The summed E-state index contributed by atoms with van der Waals surface area (Å²) in [5.74, 6) is -0.133. The van der Waals surface area contributed by atoms with Crippen LogP contribution in [0, 0.1) is 6.92 Å². The first-order valence-corrected chi connectivity index (χ1v) is 9.58. The lowest BCUT2D eigenvalue weighted by atomic mass is 10.2. The van der Waals surface area contributed by atoms with E-state index in [9.17, 15) is 13.6 Å². The van der Waals surface area contributed by atoms with Crippen molar-refractivity contribution in [2.24, 2.45) is 0 Å². The number of nitrogens with one attached hydrogen (secondary N) is 1. The van der Waals surface area contributed by atoms with Gasteiger partial charge in [0, 0.05) is 27.9 Å². The Labute approximate surface area is 177 Å². The summed E-state index contributed by atoms with van der Waals surface area (Å²) in [7, 11) is 0. The van der Waals surface area contributed by atoms with Gasteiger partial charge in [-0.25, -0.2) is 8.78 Å². The van der Waals surface area contributed by atoms with Gasteiger partial charge in [-0.05, 0) is 35.0 Å². The largest absolute Gasteiger partial charge is 0.308 e. The molecule has 0 spiro atoms. The van der Waals surface area contributed by atoms with E-state index in [1.807, 2.05) is 0 Å². The third kappa shape index (κ3) is 4.53. The maximum Gasteiger partial charge on any atom is 0.283 e. The van der Waals surface area contributed by atoms with Crippen LogP contribution in [0.25, 0.3) is 0 Å². The van der Waals surface area contributed by atoms with Gasteiger partial charge in [-0.1, -0.05) is 29.3 Å². The maximum absolute atomic E-state index is 12.9. The zero-order valence-corrected chi connectivity index (χ0v) is 17.6. The van der Waals surface area contributed by atoms with Gasteiger partial charge in [-0.3, -0.25) is 14.2 Å². The third-order valence-corrected chi connectivity index (χ3v) is 5.64. The highest BCUT2D eigenvalue weighted by atomic mass is 79.9. The van der Waals surface area contributed by atoms with Crippen LogP contribution in [0.4, 0.5) is 14.6 Å². The van der Waals surface area contributed by atoms with Crippen molar-refractivity contribution in [2.75, 3.05) is 5.32 Å². The molecule has 6 nitrogen and oxygen atoms in total. The molecule has 0 bridgehead atoms. The summed E-state index contributed by atoms with van der Waals surface area (Å²) in [4.78, 5) is 12.2. The van der Waals surface area contributed by atoms with Gasteiger partial charge in [-0.15, -0.1) is 0 Å². The summed E-state index contributed by atoms with van der Waals surface area (Å²) in [5, 5.41) is 11.7. The Morgan fingerprint density at radius 2 is 1.93 bits per heavy atom. The van der Waals surface area contributed by atoms with Crippen molar-refractivity contribution in [3.63, 3.8) is 0 Å². The summed E-state index contributed by atoms with van der Waals surface area (Å²) in [6.07, 6.45) is -1.07. The smallest absolute Gasteiger partial charge is 0.283 e. The summed E-state index contributed by atoms with van der Waals surface area (Å²) in [6, 6.07) is 6.82. The molecule has 2 aromatic heterocycles. The maximum atomic E-state index is 12.9. The monoisotopic (exact) mass is 491 g/mol. The van der Waals surface area contributed by atoms with Crippen LogP contribution in [-0.4, -0.2) is 25.5 Å². The van der Waals surface area contributed by atoms with E-state index in [4.69, 9.17) is 23.2 Å². The third-order valence-electron chi connectivity index (χ3n) is 3.95. The van der Waals surface area contributed by atoms with Crippen molar-refractivity contribution in [1.29, 1.82) is 0 Å². The molecule has 0 fully saturated rings. The Morgan fingerprint density at radius 1 is 1.25 bits per heavy atom. The van der Waals surface area contributed by atoms with Gasteiger partial charge in [0.05, 0.1) is 16.7 Å². The minimum absolute atomic E-state index is 0.191. The summed E-state index contributed by atoms with van der Waals surface area (Å²) >= 11 is 15.4. The highest BCUT2D eigenvalue weighted by Gasteiger charge is 2.21. The molecule has 1 amide bonds. The van der Waals surface area contributed by atoms with Crippen LogP contribution in [0.2, 0.25) is 10.0 Å². The molecule has 1 aromatic carbocycles. The number of benzene rings is 1. The molecule has 0 saturated heterocycles. The molecule has 0 aliphatic carbocycles. The number of hydrogen-bond acceptors (Lipinski definition) is 3. The lowest BCUT2D eigenvalue weighted by Crippen LogP contribution is -2.20. The molecule has 28 heavy (non-hydrogen) atoms. The summed E-state index contributed by atoms with van der Waals surface area (Å²) in [6.45, 7) is 1.70. The number of rotatable bonds is 6. The molecule has 0 atom stereocenters. The molecule has 1 N–H and O–H groups in total. The minimum Gasteiger partial charge on any atom is -0.308 e. The zero-order valence-electron chi connectivity index (χ0n) is 14.5. The molecule has 11 heteroatoms. The number of amides is 1. The molecule has 3 aromatic rings. The molecule has 3 rings (SSSR count). The molecular weight excluding hydrogens is 479 g/mol. The second-order valence-corrected chi connectivity index (χ2v) is 7.50. The van der Waals surface area contributed by atoms with Crippen molar-refractivity contribution in [3.05, 3.63) is 61.9 Å². The average molecular weight is 493 g/mol. The Bertz CT molecular complexity index is 1000. The average Bonchev–Trinajstić information content (AvgIpc) is 3.17. The fraction of sp³-hybridized carbons (Fsp3) is 0.235. The molecule has 148 valence electrons. The number of carbonyl (C=O) groups excluding carboxylic acids is 1. The lowest BCUT2D eigenvalue weighted by molar-refractivity contribution is -0.117. The molecule has 2 heterocycles. The van der Waals surface area contributed by atoms with Crippen molar-refractivity contribution >= 4 is 50.9 Å². The van der Waals surface area contributed by atoms with Gasteiger partial charge >= 0.3 is 0 Å². The van der Waals surface area contributed by atoms with Gasteiger partial charge < -0.3 is 5.32 Å². The topological polar surface area (TPSA) is 64.7 Å². The first kappa shape index (κ1) is 20.8. The number of carbonyl (C=O) groups is 1. The van der Waals surface area contributed by atoms with Crippen LogP contribution >= 0.6 is 39.1 Å². The number of aromatic nitrogens is 4. The second kappa shape index (κ2) is 8.59. The highest BCUT2D eigenvalue weighted by Crippen LogP contribution is 2.29. The van der Waals surface area contributed by atoms with E-state index in [1.165, 1.54) is 4.68 Å². The SMILES string of the molecule is Cc1c(Br)c(C(F)F)nn1CC(=O)Nc1ccn(Cc2c(Cl)cccc2Cl)n1. The fourth-order valence-electron chi connectivity index (χ4n) is 2.52. The number of nitrogens with zero attached hydrogens (tertiary/aromatic N) is 4. The molecule has 0 aliphatic rings. The van der Waals surface area contributed by atoms with Crippen LogP contribution in [0.15, 0.2) is 34.9 Å². The quantitative estimate of drug-likeness (QED) is 0.521. The van der Waals surface area contributed by atoms with Gasteiger partial charge in [0.15, 0.2) is 5.82 Å². The van der Waals surface area contributed by atoms with Gasteiger partial charge in [0.2, 0.25) is 5.91 Å². The first-order valence-electron chi connectivity index (χ1n) is 8.03. The van der Waals surface area contributed by atoms with Crippen molar-refractivity contribution in [2.45, 2.75) is 26.4 Å². The predicted octanol–water partition coefficient (Wildman–Crippen LogP) is 5.08. The molecule has 0 saturated carbocycles. The predicted molar refractivity (Wildman–Crippen MR) is 106 cm³/mol. The molecular formula is C17H14BrCl2F2N5O. The Hall–Kier alpha value is -1.97. The van der Waals surface area contributed by atoms with E-state index in [0.29, 0.717) is 33.7 Å². The number of hydrogen-bond donors (Lipinski definition) is 1. The fourth-order valence-corrected chi connectivity index (χ4v) is 3.50. The van der Waals surface area contributed by atoms with E-state index in [0.717, 1.165) is 0 Å². The van der Waals surface area contributed by atoms with E-state index >= 15 is 0 Å². The van der Waals surface area contributed by atoms with Crippen LogP contribution in [0.1, 0.15) is 23.4 Å². The van der Waals surface area contributed by atoms with E-state index in [-0.39, 0.29) is 11.0 Å². The van der Waals surface area contributed by atoms with Gasteiger partial charge in [-0.2, -0.15) is 10.2 Å². The molecule has 0 aliphatic heterocycles. The first-order chi connectivity index (χ1) is 13.3. The molecule has 0 radical (unpaired) electrons. The summed E-state index contributed by atoms with van der Waals surface area (Å²) in [5.41, 5.74) is 0.749. The van der Waals surface area contributed by atoms with E-state index in [1.54, 1.807) is 42.1 Å². The lowest BCUT2D eigenvalue weighted by Gasteiger charge is -2.07. The number of alkyl halides is 2. The van der Waals surface area contributed by atoms with Gasteiger partial charge in [0.25, 0.3) is 6.43 Å².